The van der Waals surface area contributed by atoms with Crippen molar-refractivity contribution >= 4 is 29.6 Å². The lowest BCUT2D eigenvalue weighted by Gasteiger charge is -2.31. The van der Waals surface area contributed by atoms with E-state index in [9.17, 15) is 24.0 Å². The van der Waals surface area contributed by atoms with Crippen molar-refractivity contribution in [1.29, 1.82) is 0 Å². The number of ether oxygens (including phenoxy) is 2. The van der Waals surface area contributed by atoms with Crippen LogP contribution in [0.15, 0.2) is 24.3 Å². The molecule has 4 N–H and O–H groups in total. The van der Waals surface area contributed by atoms with Crippen molar-refractivity contribution in [2.24, 2.45) is 23.5 Å². The fraction of sp³-hybridized carbons (Fsp3) is 0.593. The number of nitrogens with two attached hydrogens (primary N) is 1. The van der Waals surface area contributed by atoms with Crippen molar-refractivity contribution in [3.8, 4) is 0 Å². The SMILES string of the molecule is CC(C)COC(=O)NC(C(=O)N1CCOC1C(=O)NC(CC1CC1)C(=O)C(N)=O)C1Cc2ccccc2C1. The first kappa shape index (κ1) is 27.6. The van der Waals surface area contributed by atoms with Crippen LogP contribution in [0.25, 0.3) is 0 Å². The van der Waals surface area contributed by atoms with Crippen molar-refractivity contribution in [3.05, 3.63) is 35.4 Å². The van der Waals surface area contributed by atoms with Crippen LogP contribution in [0.4, 0.5) is 4.79 Å². The number of benzene rings is 1. The van der Waals surface area contributed by atoms with E-state index in [0.29, 0.717) is 19.3 Å². The van der Waals surface area contributed by atoms with Crippen molar-refractivity contribution in [3.63, 3.8) is 0 Å². The molecule has 0 spiro atoms. The number of ketones is 1. The molecule has 2 aliphatic carbocycles. The van der Waals surface area contributed by atoms with Crippen LogP contribution in [0.2, 0.25) is 0 Å². The van der Waals surface area contributed by atoms with Crippen molar-refractivity contribution < 1.29 is 33.4 Å². The fourth-order valence-electron chi connectivity index (χ4n) is 5.05. The highest BCUT2D eigenvalue weighted by molar-refractivity contribution is 6.37. The molecule has 206 valence electrons. The summed E-state index contributed by atoms with van der Waals surface area (Å²) in [5.74, 6) is -3.06. The zero-order valence-electron chi connectivity index (χ0n) is 21.8. The molecule has 4 rings (SSSR count). The first-order valence-corrected chi connectivity index (χ1v) is 13.2. The van der Waals surface area contributed by atoms with Gasteiger partial charge in [0.1, 0.15) is 6.04 Å². The number of nitrogens with zero attached hydrogens (tertiary/aromatic N) is 1. The highest BCUT2D eigenvalue weighted by Gasteiger charge is 2.44. The van der Waals surface area contributed by atoms with E-state index in [-0.39, 0.29) is 37.5 Å². The molecule has 0 aromatic heterocycles. The molecule has 2 fully saturated rings. The average Bonchev–Trinajstić information content (AvgIpc) is 3.38. The Balaban J connectivity index is 1.49. The molecule has 1 aromatic carbocycles. The van der Waals surface area contributed by atoms with Crippen molar-refractivity contribution in [2.75, 3.05) is 19.8 Å². The Morgan fingerprint density at radius 1 is 1.08 bits per heavy atom. The summed E-state index contributed by atoms with van der Waals surface area (Å²) in [5.41, 5.74) is 7.39. The van der Waals surface area contributed by atoms with Crippen LogP contribution in [0.1, 0.15) is 44.2 Å². The van der Waals surface area contributed by atoms with E-state index in [1.807, 2.05) is 38.1 Å². The van der Waals surface area contributed by atoms with Crippen LogP contribution >= 0.6 is 0 Å². The van der Waals surface area contributed by atoms with Gasteiger partial charge in [-0.05, 0) is 48.1 Å². The van der Waals surface area contributed by atoms with Gasteiger partial charge in [0.2, 0.25) is 17.9 Å². The predicted molar refractivity (Wildman–Crippen MR) is 135 cm³/mol. The Kier molecular flexibility index (Phi) is 8.65. The molecule has 38 heavy (non-hydrogen) atoms. The normalized spacial score (nSPS) is 20.5. The van der Waals surface area contributed by atoms with E-state index in [0.717, 1.165) is 24.0 Å². The van der Waals surface area contributed by atoms with Gasteiger partial charge in [-0.25, -0.2) is 4.79 Å². The third-order valence-corrected chi connectivity index (χ3v) is 7.18. The number of carbonyl (C=O) groups excluding carboxylic acids is 5. The predicted octanol–water partition coefficient (Wildman–Crippen LogP) is 0.676. The van der Waals surface area contributed by atoms with Gasteiger partial charge in [0.15, 0.2) is 0 Å². The molecule has 1 saturated carbocycles. The smallest absolute Gasteiger partial charge is 0.407 e. The fourth-order valence-corrected chi connectivity index (χ4v) is 5.05. The first-order valence-electron chi connectivity index (χ1n) is 13.2. The molecule has 0 bridgehead atoms. The summed E-state index contributed by atoms with van der Waals surface area (Å²) >= 11 is 0. The Morgan fingerprint density at radius 2 is 1.74 bits per heavy atom. The molecular weight excluding hydrogens is 492 g/mol. The third-order valence-electron chi connectivity index (χ3n) is 7.18. The Bertz CT molecular complexity index is 1060. The van der Waals surface area contributed by atoms with Crippen LogP contribution in [-0.4, -0.2) is 72.6 Å². The number of alkyl carbamates (subject to hydrolysis) is 1. The van der Waals surface area contributed by atoms with Crippen LogP contribution in [0.3, 0.4) is 0 Å². The van der Waals surface area contributed by atoms with E-state index in [1.165, 1.54) is 4.90 Å². The van der Waals surface area contributed by atoms with Crippen LogP contribution in [0, 0.1) is 17.8 Å². The largest absolute Gasteiger partial charge is 0.449 e. The zero-order valence-corrected chi connectivity index (χ0v) is 21.8. The number of Topliss-reactive ketones (excluding diaryl/α,β-unsaturated/α-hetero) is 1. The maximum atomic E-state index is 13.8. The van der Waals surface area contributed by atoms with E-state index < -0.39 is 47.9 Å². The summed E-state index contributed by atoms with van der Waals surface area (Å²) < 4.78 is 10.9. The molecule has 3 unspecified atom stereocenters. The molecule has 1 saturated heterocycles. The maximum Gasteiger partial charge on any atom is 0.407 e. The number of hydrogen-bond acceptors (Lipinski definition) is 7. The summed E-state index contributed by atoms with van der Waals surface area (Å²) in [5, 5.41) is 5.31. The van der Waals surface area contributed by atoms with Crippen molar-refractivity contribution in [2.45, 2.75) is 64.3 Å². The highest BCUT2D eigenvalue weighted by Crippen LogP contribution is 2.34. The summed E-state index contributed by atoms with van der Waals surface area (Å²) in [7, 11) is 0. The number of amides is 4. The number of primary amides is 1. The zero-order chi connectivity index (χ0) is 27.4. The van der Waals surface area contributed by atoms with Gasteiger partial charge in [-0.1, -0.05) is 51.0 Å². The molecule has 0 radical (unpaired) electrons. The molecule has 1 aliphatic heterocycles. The molecule has 4 amide bonds. The Hall–Kier alpha value is -3.47. The van der Waals surface area contributed by atoms with Gasteiger partial charge in [0.25, 0.3) is 11.8 Å². The van der Waals surface area contributed by atoms with Crippen LogP contribution in [-0.2, 0) is 41.5 Å². The number of carbonyl (C=O) groups is 5. The highest BCUT2D eigenvalue weighted by atomic mass is 16.5. The number of fused-ring (bicyclic) bond motifs is 1. The molecule has 11 heteroatoms. The summed E-state index contributed by atoms with van der Waals surface area (Å²) in [6.07, 6.45) is 1.29. The second-order valence-electron chi connectivity index (χ2n) is 10.8. The Labute approximate surface area is 221 Å². The molecule has 1 aromatic rings. The van der Waals surface area contributed by atoms with Gasteiger partial charge >= 0.3 is 6.09 Å². The second-order valence-corrected chi connectivity index (χ2v) is 10.8. The minimum Gasteiger partial charge on any atom is -0.449 e. The number of nitrogens with one attached hydrogen (secondary N) is 2. The van der Waals surface area contributed by atoms with E-state index >= 15 is 0 Å². The van der Waals surface area contributed by atoms with Crippen LogP contribution in [0.5, 0.6) is 0 Å². The van der Waals surface area contributed by atoms with Gasteiger partial charge in [-0.15, -0.1) is 0 Å². The summed E-state index contributed by atoms with van der Waals surface area (Å²) in [4.78, 5) is 64.7. The van der Waals surface area contributed by atoms with Gasteiger partial charge in [0, 0.05) is 6.54 Å². The van der Waals surface area contributed by atoms with E-state index in [2.05, 4.69) is 10.6 Å². The lowest BCUT2D eigenvalue weighted by atomic mass is 9.95. The standard InChI is InChI=1S/C27H36N4O7/c1-15(2)14-38-27(36)30-21(19-12-17-5-3-4-6-18(17)13-19)25(35)31-9-10-37-26(31)24(34)29-20(11-16-7-8-16)22(32)23(28)33/h3-6,15-16,19-21,26H,7-14H2,1-2H3,(H2,28,33)(H,29,34)(H,30,36). The molecular formula is C27H36N4O7. The Morgan fingerprint density at radius 3 is 2.32 bits per heavy atom. The van der Waals surface area contributed by atoms with E-state index in [4.69, 9.17) is 15.2 Å². The second kappa shape index (κ2) is 11.9. The van der Waals surface area contributed by atoms with Gasteiger partial charge in [-0.2, -0.15) is 0 Å². The monoisotopic (exact) mass is 528 g/mol. The lowest BCUT2D eigenvalue weighted by Crippen LogP contribution is -2.58. The summed E-state index contributed by atoms with van der Waals surface area (Å²) in [6, 6.07) is 5.84. The molecule has 1 heterocycles. The van der Waals surface area contributed by atoms with Gasteiger partial charge < -0.3 is 30.7 Å². The van der Waals surface area contributed by atoms with Gasteiger partial charge in [-0.3, -0.25) is 19.2 Å². The van der Waals surface area contributed by atoms with E-state index in [1.54, 1.807) is 0 Å². The quantitative estimate of drug-likeness (QED) is 0.356. The lowest BCUT2D eigenvalue weighted by molar-refractivity contribution is -0.151. The molecule has 3 atom stereocenters. The first-order chi connectivity index (χ1) is 18.1. The van der Waals surface area contributed by atoms with Gasteiger partial charge in [0.05, 0.1) is 19.3 Å². The average molecular weight is 529 g/mol. The molecule has 11 nitrogen and oxygen atoms in total. The maximum absolute atomic E-state index is 13.8. The van der Waals surface area contributed by atoms with Crippen LogP contribution < -0.4 is 16.4 Å². The van der Waals surface area contributed by atoms with Crippen molar-refractivity contribution in [1.82, 2.24) is 15.5 Å². The third kappa shape index (κ3) is 6.69. The minimum atomic E-state index is -1.30. The minimum absolute atomic E-state index is 0.107. The topological polar surface area (TPSA) is 157 Å². The number of rotatable bonds is 11. The molecule has 3 aliphatic rings. The summed E-state index contributed by atoms with van der Waals surface area (Å²) in [6.45, 7) is 4.26. The number of hydrogen-bond donors (Lipinski definition) is 3.